The quantitative estimate of drug-likeness (QED) is 0.580. The second-order valence-corrected chi connectivity index (χ2v) is 3.81. The molecular weight excluding hydrogens is 144 g/mol. The van der Waals surface area contributed by atoms with E-state index in [1.54, 1.807) is 14.0 Å². The third kappa shape index (κ3) is 2.15. The van der Waals surface area contributed by atoms with E-state index in [0.29, 0.717) is 13.2 Å². The molecule has 66 valence electrons. The standard InChI is InChI=1S/C8H16O3/c1-7(2)5-10-8(3,9-4)11-6-7/h5-6H2,1-4H3. The van der Waals surface area contributed by atoms with Crippen molar-refractivity contribution >= 4 is 0 Å². The first kappa shape index (κ1) is 8.97. The van der Waals surface area contributed by atoms with E-state index in [1.165, 1.54) is 0 Å². The summed E-state index contributed by atoms with van der Waals surface area (Å²) in [4.78, 5) is 0. The lowest BCUT2D eigenvalue weighted by Crippen LogP contribution is -2.46. The average molecular weight is 160 g/mol. The predicted molar refractivity (Wildman–Crippen MR) is 41.1 cm³/mol. The Morgan fingerprint density at radius 2 is 1.55 bits per heavy atom. The van der Waals surface area contributed by atoms with Crippen molar-refractivity contribution in [2.75, 3.05) is 20.3 Å². The number of rotatable bonds is 1. The summed E-state index contributed by atoms with van der Waals surface area (Å²) in [5.74, 6) is -0.824. The van der Waals surface area contributed by atoms with E-state index in [4.69, 9.17) is 14.2 Å². The lowest BCUT2D eigenvalue weighted by molar-refractivity contribution is -0.399. The van der Waals surface area contributed by atoms with Crippen LogP contribution in [0, 0.1) is 5.41 Å². The van der Waals surface area contributed by atoms with Crippen molar-refractivity contribution in [3.63, 3.8) is 0 Å². The van der Waals surface area contributed by atoms with Crippen molar-refractivity contribution in [3.05, 3.63) is 0 Å². The monoisotopic (exact) mass is 160 g/mol. The molecule has 0 amide bonds. The minimum absolute atomic E-state index is 0.109. The molecule has 1 heterocycles. The van der Waals surface area contributed by atoms with E-state index < -0.39 is 5.97 Å². The highest BCUT2D eigenvalue weighted by atomic mass is 16.9. The Kier molecular flexibility index (Phi) is 2.23. The molecule has 3 nitrogen and oxygen atoms in total. The van der Waals surface area contributed by atoms with Gasteiger partial charge < -0.3 is 14.2 Å². The lowest BCUT2D eigenvalue weighted by atomic mass is 9.95. The summed E-state index contributed by atoms with van der Waals surface area (Å²) in [6.07, 6.45) is 0. The fourth-order valence-electron chi connectivity index (χ4n) is 0.854. The molecule has 0 spiro atoms. The van der Waals surface area contributed by atoms with Gasteiger partial charge in [-0.3, -0.25) is 0 Å². The van der Waals surface area contributed by atoms with Gasteiger partial charge in [0.25, 0.3) is 5.97 Å². The first-order valence-electron chi connectivity index (χ1n) is 3.81. The van der Waals surface area contributed by atoms with Crippen LogP contribution in [0.15, 0.2) is 0 Å². The molecule has 1 saturated heterocycles. The Hall–Kier alpha value is -0.120. The molecule has 0 aromatic rings. The summed E-state index contributed by atoms with van der Waals surface area (Å²) in [7, 11) is 1.58. The van der Waals surface area contributed by atoms with E-state index in [9.17, 15) is 0 Å². The first-order chi connectivity index (χ1) is 4.97. The van der Waals surface area contributed by atoms with E-state index in [0.717, 1.165) is 0 Å². The van der Waals surface area contributed by atoms with Crippen LogP contribution in [-0.2, 0) is 14.2 Å². The van der Waals surface area contributed by atoms with Crippen LogP contribution < -0.4 is 0 Å². The summed E-state index contributed by atoms with van der Waals surface area (Å²) >= 11 is 0. The Labute approximate surface area is 67.6 Å². The minimum atomic E-state index is -0.824. The Morgan fingerprint density at radius 1 is 1.09 bits per heavy atom. The van der Waals surface area contributed by atoms with Crippen LogP contribution in [0.25, 0.3) is 0 Å². The molecule has 0 bridgehead atoms. The molecule has 1 rings (SSSR count). The highest BCUT2D eigenvalue weighted by Gasteiger charge is 2.36. The van der Waals surface area contributed by atoms with Gasteiger partial charge >= 0.3 is 0 Å². The molecule has 0 aromatic carbocycles. The number of hydrogen-bond acceptors (Lipinski definition) is 3. The van der Waals surface area contributed by atoms with Gasteiger partial charge in [-0.2, -0.15) is 0 Å². The van der Waals surface area contributed by atoms with Gasteiger partial charge in [0.05, 0.1) is 13.2 Å². The van der Waals surface area contributed by atoms with Gasteiger partial charge in [-0.15, -0.1) is 0 Å². The zero-order valence-electron chi connectivity index (χ0n) is 7.64. The summed E-state index contributed by atoms with van der Waals surface area (Å²) in [6.45, 7) is 7.33. The van der Waals surface area contributed by atoms with E-state index >= 15 is 0 Å². The molecule has 1 fully saturated rings. The van der Waals surface area contributed by atoms with Crippen molar-refractivity contribution in [2.24, 2.45) is 5.41 Å². The average Bonchev–Trinajstić information content (AvgIpc) is 1.97. The molecule has 3 heteroatoms. The molecule has 0 N–H and O–H groups in total. The Morgan fingerprint density at radius 3 is 1.91 bits per heavy atom. The van der Waals surface area contributed by atoms with Crippen LogP contribution in [0.1, 0.15) is 20.8 Å². The maximum Gasteiger partial charge on any atom is 0.279 e. The van der Waals surface area contributed by atoms with Gasteiger partial charge in [0, 0.05) is 19.4 Å². The van der Waals surface area contributed by atoms with E-state index in [2.05, 4.69) is 13.8 Å². The van der Waals surface area contributed by atoms with Crippen LogP contribution in [0.4, 0.5) is 0 Å². The highest BCUT2D eigenvalue weighted by Crippen LogP contribution is 2.28. The van der Waals surface area contributed by atoms with Crippen LogP contribution in [0.5, 0.6) is 0 Å². The topological polar surface area (TPSA) is 27.7 Å². The van der Waals surface area contributed by atoms with Gasteiger partial charge in [-0.25, -0.2) is 0 Å². The van der Waals surface area contributed by atoms with Gasteiger partial charge in [0.2, 0.25) is 0 Å². The highest BCUT2D eigenvalue weighted by molar-refractivity contribution is 4.72. The van der Waals surface area contributed by atoms with Crippen molar-refractivity contribution in [2.45, 2.75) is 26.7 Å². The predicted octanol–water partition coefficient (Wildman–Crippen LogP) is 1.38. The van der Waals surface area contributed by atoms with Gasteiger partial charge in [-0.05, 0) is 0 Å². The molecule has 1 aliphatic heterocycles. The fourth-order valence-corrected chi connectivity index (χ4v) is 0.854. The lowest BCUT2D eigenvalue weighted by Gasteiger charge is -2.39. The molecule has 0 aliphatic carbocycles. The number of ether oxygens (including phenoxy) is 3. The van der Waals surface area contributed by atoms with Crippen LogP contribution in [0.3, 0.4) is 0 Å². The molecule has 0 aromatic heterocycles. The number of methoxy groups -OCH3 is 1. The summed E-state index contributed by atoms with van der Waals surface area (Å²) in [5.41, 5.74) is 0.109. The molecule has 0 radical (unpaired) electrons. The largest absolute Gasteiger partial charge is 0.331 e. The SMILES string of the molecule is COC1(C)OCC(C)(C)CO1. The molecule has 1 aliphatic rings. The van der Waals surface area contributed by atoms with Crippen molar-refractivity contribution in [3.8, 4) is 0 Å². The van der Waals surface area contributed by atoms with Gasteiger partial charge in [0.15, 0.2) is 0 Å². The third-order valence-corrected chi connectivity index (χ3v) is 1.82. The molecular formula is C8H16O3. The molecule has 0 saturated carbocycles. The minimum Gasteiger partial charge on any atom is -0.331 e. The second kappa shape index (κ2) is 2.73. The summed E-state index contributed by atoms with van der Waals surface area (Å²) < 4.78 is 15.8. The van der Waals surface area contributed by atoms with Crippen LogP contribution in [0.2, 0.25) is 0 Å². The van der Waals surface area contributed by atoms with E-state index in [-0.39, 0.29) is 5.41 Å². The number of hydrogen-bond donors (Lipinski definition) is 0. The Balaban J connectivity index is 2.48. The molecule has 0 unspecified atom stereocenters. The van der Waals surface area contributed by atoms with Crippen molar-refractivity contribution < 1.29 is 14.2 Å². The van der Waals surface area contributed by atoms with Crippen LogP contribution in [-0.4, -0.2) is 26.3 Å². The third-order valence-electron chi connectivity index (χ3n) is 1.82. The van der Waals surface area contributed by atoms with Gasteiger partial charge in [0.1, 0.15) is 0 Å². The zero-order valence-corrected chi connectivity index (χ0v) is 7.64. The van der Waals surface area contributed by atoms with Gasteiger partial charge in [-0.1, -0.05) is 13.8 Å². The maximum atomic E-state index is 5.39. The summed E-state index contributed by atoms with van der Waals surface area (Å²) in [5, 5.41) is 0. The van der Waals surface area contributed by atoms with Crippen molar-refractivity contribution in [1.82, 2.24) is 0 Å². The summed E-state index contributed by atoms with van der Waals surface area (Å²) in [6, 6.07) is 0. The van der Waals surface area contributed by atoms with E-state index in [1.807, 2.05) is 0 Å². The second-order valence-electron chi connectivity index (χ2n) is 3.81. The molecule has 0 atom stereocenters. The molecule has 11 heavy (non-hydrogen) atoms. The normalized spacial score (nSPS) is 28.4. The zero-order chi connectivity index (χ0) is 8.54. The Bertz CT molecular complexity index is 132. The van der Waals surface area contributed by atoms with Crippen LogP contribution >= 0.6 is 0 Å². The van der Waals surface area contributed by atoms with Crippen molar-refractivity contribution in [1.29, 1.82) is 0 Å². The maximum absolute atomic E-state index is 5.39. The fraction of sp³-hybridized carbons (Fsp3) is 1.00. The first-order valence-corrected chi connectivity index (χ1v) is 3.81. The smallest absolute Gasteiger partial charge is 0.279 e.